The van der Waals surface area contributed by atoms with Crippen molar-refractivity contribution < 1.29 is 33.8 Å². The van der Waals surface area contributed by atoms with Crippen molar-refractivity contribution in [3.8, 4) is 16.9 Å². The first-order valence-corrected chi connectivity index (χ1v) is 19.8. The largest absolute Gasteiger partial charge is 0.508 e. The van der Waals surface area contributed by atoms with Crippen LogP contribution in [0.3, 0.4) is 0 Å². The van der Waals surface area contributed by atoms with Gasteiger partial charge in [-0.1, -0.05) is 97.4 Å². The molecule has 3 atom stereocenters. The Balaban J connectivity index is 1.18. The number of rotatable bonds is 9. The average Bonchev–Trinajstić information content (AvgIpc) is 3.54. The summed E-state index contributed by atoms with van der Waals surface area (Å²) < 4.78 is 5.81. The van der Waals surface area contributed by atoms with E-state index in [-0.39, 0.29) is 49.4 Å². The number of phenols is 1. The Morgan fingerprint density at radius 2 is 1.37 bits per heavy atom. The maximum Gasteiger partial charge on any atom is 0.407 e. The minimum atomic E-state index is -1.10. The molecule has 1 fully saturated rings. The lowest BCUT2D eigenvalue weighted by Gasteiger charge is -2.26. The van der Waals surface area contributed by atoms with E-state index in [1.807, 2.05) is 66.7 Å². The quantitative estimate of drug-likeness (QED) is 0.138. The summed E-state index contributed by atoms with van der Waals surface area (Å²) in [6.45, 7) is 0.849. The van der Waals surface area contributed by atoms with Crippen molar-refractivity contribution in [1.29, 1.82) is 0 Å². The lowest BCUT2D eigenvalue weighted by atomic mass is 9.98. The lowest BCUT2D eigenvalue weighted by molar-refractivity contribution is -0.132. The Morgan fingerprint density at radius 1 is 0.719 bits per heavy atom. The van der Waals surface area contributed by atoms with Gasteiger partial charge in [-0.3, -0.25) is 19.2 Å². The normalized spacial score (nSPS) is 18.7. The fourth-order valence-corrected chi connectivity index (χ4v) is 7.44. The monoisotopic (exact) mass is 773 g/mol. The second-order valence-electron chi connectivity index (χ2n) is 14.7. The fraction of sp³-hybridized carbons (Fsp3) is 0.356. The zero-order chi connectivity index (χ0) is 40.0. The standard InChI is InChI=1S/C45H51N5O7/c51-32-23-21-31(22-24-32)28-39-42(53)47-26-11-2-5-20-41(52)46-25-12-10-19-38(43(54)49-39)48-44(55)40(27-30-13-3-1-4-14-30)50-45(56)57-29-37-35-17-8-6-15-33(35)34-16-7-9-18-36(34)37/h1,3-4,6-9,13-18,21-24,37-40,51H,2,5,10-12,19-20,25-29H2,(H,46,52)(H,47,53)(H,48,55)(H,49,54)(H,50,56)/t38-,39-,40-/m0/s1. The smallest absolute Gasteiger partial charge is 0.407 e. The molecular formula is C45H51N5O7. The molecule has 6 rings (SSSR count). The van der Waals surface area contributed by atoms with E-state index in [1.54, 1.807) is 12.1 Å². The van der Waals surface area contributed by atoms with Crippen molar-refractivity contribution in [3.05, 3.63) is 125 Å². The Hall–Kier alpha value is -6.17. The van der Waals surface area contributed by atoms with Gasteiger partial charge in [-0.05, 0) is 77.6 Å². The van der Waals surface area contributed by atoms with Gasteiger partial charge in [0.2, 0.25) is 23.6 Å². The maximum atomic E-state index is 14.2. The lowest BCUT2D eigenvalue weighted by Crippen LogP contribution is -2.57. The molecule has 12 heteroatoms. The van der Waals surface area contributed by atoms with E-state index in [1.165, 1.54) is 12.1 Å². The van der Waals surface area contributed by atoms with Gasteiger partial charge in [-0.15, -0.1) is 0 Å². The number of hydrogen-bond acceptors (Lipinski definition) is 7. The van der Waals surface area contributed by atoms with Crippen molar-refractivity contribution in [3.63, 3.8) is 0 Å². The second-order valence-corrected chi connectivity index (χ2v) is 14.7. The predicted molar refractivity (Wildman–Crippen MR) is 216 cm³/mol. The van der Waals surface area contributed by atoms with Crippen molar-refractivity contribution in [2.75, 3.05) is 19.7 Å². The molecule has 0 radical (unpaired) electrons. The number of benzene rings is 4. The molecule has 6 N–H and O–H groups in total. The molecule has 298 valence electrons. The molecule has 0 spiro atoms. The van der Waals surface area contributed by atoms with Gasteiger partial charge in [0.25, 0.3) is 0 Å². The molecule has 4 aromatic rings. The number of carbonyl (C=O) groups is 5. The van der Waals surface area contributed by atoms with Crippen LogP contribution < -0.4 is 26.6 Å². The summed E-state index contributed by atoms with van der Waals surface area (Å²) in [6.07, 6.45) is 3.26. The van der Waals surface area contributed by atoms with Crippen LogP contribution in [0.4, 0.5) is 4.79 Å². The van der Waals surface area contributed by atoms with Crippen molar-refractivity contribution in [1.82, 2.24) is 26.6 Å². The molecule has 4 aromatic carbocycles. The SMILES string of the molecule is O=C1CCCCCNC(=O)[C@H](Cc2ccc(O)cc2)NC(=O)[C@@H](NC(=O)[C@H](Cc2ccccc2)NC(=O)OCC2c3ccccc3-c3ccccc32)CCCCN1. The van der Waals surface area contributed by atoms with Crippen molar-refractivity contribution in [2.24, 2.45) is 0 Å². The number of nitrogens with one attached hydrogen (secondary N) is 5. The Kier molecular flexibility index (Phi) is 14.3. The summed E-state index contributed by atoms with van der Waals surface area (Å²) >= 11 is 0. The number of fused-ring (bicyclic) bond motifs is 3. The Bertz CT molecular complexity index is 1960. The minimum Gasteiger partial charge on any atom is -0.508 e. The van der Waals surface area contributed by atoms with E-state index >= 15 is 0 Å². The van der Waals surface area contributed by atoms with Gasteiger partial charge < -0.3 is 36.4 Å². The van der Waals surface area contributed by atoms with E-state index < -0.39 is 36.0 Å². The van der Waals surface area contributed by atoms with Crippen LogP contribution in [-0.4, -0.2) is 72.7 Å². The molecule has 1 aliphatic carbocycles. The summed E-state index contributed by atoms with van der Waals surface area (Å²) in [5.74, 6) is -1.69. The van der Waals surface area contributed by atoms with E-state index in [9.17, 15) is 29.1 Å². The second kappa shape index (κ2) is 20.1. The van der Waals surface area contributed by atoms with Crippen molar-refractivity contribution in [2.45, 2.75) is 81.8 Å². The molecule has 0 saturated carbocycles. The third-order valence-electron chi connectivity index (χ3n) is 10.5. The molecular weight excluding hydrogens is 723 g/mol. The van der Waals surface area contributed by atoms with Crippen LogP contribution in [0.15, 0.2) is 103 Å². The third-order valence-corrected chi connectivity index (χ3v) is 10.5. The molecule has 1 aliphatic heterocycles. The van der Waals surface area contributed by atoms with Crippen LogP contribution in [0.2, 0.25) is 0 Å². The first-order chi connectivity index (χ1) is 27.7. The fourth-order valence-electron chi connectivity index (χ4n) is 7.44. The first kappa shape index (κ1) is 40.5. The van der Waals surface area contributed by atoms with Crippen LogP contribution in [0.25, 0.3) is 11.1 Å². The zero-order valence-electron chi connectivity index (χ0n) is 32.0. The number of alkyl carbamates (subject to hydrolysis) is 1. The highest BCUT2D eigenvalue weighted by Gasteiger charge is 2.32. The zero-order valence-corrected chi connectivity index (χ0v) is 32.0. The number of phenolic OH excluding ortho intramolecular Hbond substituents is 1. The van der Waals surface area contributed by atoms with Gasteiger partial charge in [0.05, 0.1) is 0 Å². The summed E-state index contributed by atoms with van der Waals surface area (Å²) in [5.41, 5.74) is 5.82. The summed E-state index contributed by atoms with van der Waals surface area (Å²) in [4.78, 5) is 67.6. The maximum absolute atomic E-state index is 14.2. The molecule has 0 bridgehead atoms. The molecule has 2 aliphatic rings. The van der Waals surface area contributed by atoms with Gasteiger partial charge in [-0.25, -0.2) is 4.79 Å². The number of ether oxygens (including phenoxy) is 1. The average molecular weight is 774 g/mol. The third kappa shape index (κ3) is 11.4. The van der Waals surface area contributed by atoms with Crippen LogP contribution in [0, 0.1) is 0 Å². The number of carbonyl (C=O) groups excluding carboxylic acids is 5. The minimum absolute atomic E-state index is 0.0528. The summed E-state index contributed by atoms with van der Waals surface area (Å²) in [5, 5.41) is 24.1. The molecule has 1 heterocycles. The van der Waals surface area contributed by atoms with Crippen LogP contribution in [-0.2, 0) is 36.8 Å². The highest BCUT2D eigenvalue weighted by Crippen LogP contribution is 2.44. The van der Waals surface area contributed by atoms with Crippen molar-refractivity contribution >= 4 is 29.7 Å². The van der Waals surface area contributed by atoms with Crippen LogP contribution in [0.1, 0.15) is 73.1 Å². The topological polar surface area (TPSA) is 175 Å². The van der Waals surface area contributed by atoms with Crippen LogP contribution >= 0.6 is 0 Å². The number of hydrogen-bond donors (Lipinski definition) is 6. The van der Waals surface area contributed by atoms with Gasteiger partial charge in [0.15, 0.2) is 0 Å². The van der Waals surface area contributed by atoms with E-state index in [0.29, 0.717) is 45.2 Å². The van der Waals surface area contributed by atoms with Gasteiger partial charge in [0.1, 0.15) is 30.5 Å². The molecule has 57 heavy (non-hydrogen) atoms. The number of aromatic hydroxyl groups is 1. The van der Waals surface area contributed by atoms with E-state index in [2.05, 4.69) is 38.7 Å². The first-order valence-electron chi connectivity index (χ1n) is 19.8. The Morgan fingerprint density at radius 3 is 2.09 bits per heavy atom. The van der Waals surface area contributed by atoms with Gasteiger partial charge in [0, 0.05) is 38.3 Å². The van der Waals surface area contributed by atoms with E-state index in [0.717, 1.165) is 39.8 Å². The van der Waals surface area contributed by atoms with E-state index in [4.69, 9.17) is 4.74 Å². The summed E-state index contributed by atoms with van der Waals surface area (Å²) in [7, 11) is 0. The molecule has 1 saturated heterocycles. The van der Waals surface area contributed by atoms with Gasteiger partial charge in [-0.2, -0.15) is 0 Å². The molecule has 0 aromatic heterocycles. The highest BCUT2D eigenvalue weighted by molar-refractivity contribution is 5.94. The Labute approximate surface area is 333 Å². The number of amides is 5. The highest BCUT2D eigenvalue weighted by atomic mass is 16.5. The van der Waals surface area contributed by atoms with Crippen LogP contribution in [0.5, 0.6) is 5.75 Å². The molecule has 12 nitrogen and oxygen atoms in total. The molecule has 0 unspecified atom stereocenters. The predicted octanol–water partition coefficient (Wildman–Crippen LogP) is 5.03. The molecule has 5 amide bonds. The summed E-state index contributed by atoms with van der Waals surface area (Å²) in [6, 6.07) is 28.5. The van der Waals surface area contributed by atoms with Gasteiger partial charge >= 0.3 is 6.09 Å².